The maximum absolute atomic E-state index is 15.5. The fourth-order valence-electron chi connectivity index (χ4n) is 5.54. The van der Waals surface area contributed by atoms with E-state index in [2.05, 4.69) is 24.8 Å². The molecule has 6 heterocycles. The molecule has 7 nitrogen and oxygen atoms in total. The van der Waals surface area contributed by atoms with Crippen LogP contribution in [-0.4, -0.2) is 56.1 Å². The zero-order chi connectivity index (χ0) is 24.1. The van der Waals surface area contributed by atoms with E-state index < -0.39 is 5.82 Å². The number of halogens is 2. The Hall–Kier alpha value is -3.46. The minimum atomic E-state index is -0.477. The van der Waals surface area contributed by atoms with Crippen LogP contribution in [0.1, 0.15) is 35.6 Å². The number of imidazole rings is 1. The van der Waals surface area contributed by atoms with E-state index in [-0.39, 0.29) is 18.4 Å². The van der Waals surface area contributed by atoms with Gasteiger partial charge in [0.25, 0.3) is 0 Å². The van der Waals surface area contributed by atoms with E-state index in [0.29, 0.717) is 45.6 Å². The van der Waals surface area contributed by atoms with Gasteiger partial charge in [0.1, 0.15) is 23.0 Å². The summed E-state index contributed by atoms with van der Waals surface area (Å²) in [5.74, 6) is 0.709. The van der Waals surface area contributed by atoms with Gasteiger partial charge < -0.3 is 14.2 Å². The zero-order valence-corrected chi connectivity index (χ0v) is 19.7. The first-order valence-corrected chi connectivity index (χ1v) is 11.9. The number of rotatable bonds is 5. The second-order valence-corrected chi connectivity index (χ2v) is 9.48. The Labute approximate surface area is 201 Å². The summed E-state index contributed by atoms with van der Waals surface area (Å²) in [5.41, 5.74) is 3.71. The molecule has 3 aliphatic heterocycles. The normalized spacial score (nSPS) is 21.5. The van der Waals surface area contributed by atoms with E-state index in [1.807, 2.05) is 12.1 Å². The number of aromatic nitrogens is 5. The molecule has 0 spiro atoms. The molecule has 1 atom stereocenters. The Kier molecular flexibility index (Phi) is 5.44. The third-order valence-electron chi connectivity index (χ3n) is 7.38. The number of fused-ring (bicyclic) bond motifs is 4. The van der Waals surface area contributed by atoms with Gasteiger partial charge in [0.05, 0.1) is 25.5 Å². The minimum Gasteiger partial charge on any atom is -0.467 e. The Morgan fingerprint density at radius 2 is 1.89 bits per heavy atom. The van der Waals surface area contributed by atoms with Crippen molar-refractivity contribution in [3.05, 3.63) is 65.1 Å². The van der Waals surface area contributed by atoms with Gasteiger partial charge in [-0.25, -0.2) is 13.8 Å². The van der Waals surface area contributed by atoms with Crippen molar-refractivity contribution >= 4 is 11.2 Å². The van der Waals surface area contributed by atoms with Crippen molar-refractivity contribution in [2.45, 2.75) is 32.2 Å². The van der Waals surface area contributed by atoms with Crippen LogP contribution in [0, 0.1) is 24.5 Å². The van der Waals surface area contributed by atoms with Gasteiger partial charge in [-0.15, -0.1) is 0 Å². The topological polar surface area (TPSA) is 69.0 Å². The van der Waals surface area contributed by atoms with E-state index in [9.17, 15) is 4.39 Å². The smallest absolute Gasteiger partial charge is 0.318 e. The highest BCUT2D eigenvalue weighted by Crippen LogP contribution is 2.39. The van der Waals surface area contributed by atoms with Crippen LogP contribution >= 0.6 is 0 Å². The van der Waals surface area contributed by atoms with Crippen molar-refractivity contribution in [2.24, 2.45) is 5.92 Å². The number of hydrogen-bond donors (Lipinski definition) is 0. The van der Waals surface area contributed by atoms with Gasteiger partial charge in [-0.05, 0) is 62.4 Å². The second-order valence-electron chi connectivity index (χ2n) is 9.48. The maximum Gasteiger partial charge on any atom is 0.318 e. The standard InChI is InChI=1S/C26H26F2N6O/c1-15-23-25(32-26(30-15)35-2)34(24(31-23)19-9-20(27)12-29-11-19)13-18-4-3-17(10-22(18)28)21-14-33-7-5-16(21)6-8-33/h3-4,9-12,16,21H,5-8,13-14H2,1-2H3/t21-/m1/s1. The third-order valence-corrected chi connectivity index (χ3v) is 7.38. The number of methoxy groups -OCH3 is 1. The largest absolute Gasteiger partial charge is 0.467 e. The van der Waals surface area contributed by atoms with Gasteiger partial charge in [0.2, 0.25) is 0 Å². The van der Waals surface area contributed by atoms with Crippen LogP contribution in [0.4, 0.5) is 8.78 Å². The Morgan fingerprint density at radius 1 is 1.06 bits per heavy atom. The van der Waals surface area contributed by atoms with E-state index in [0.717, 1.165) is 31.4 Å². The number of piperidine rings is 3. The second kappa shape index (κ2) is 8.64. The molecule has 1 aromatic carbocycles. The summed E-state index contributed by atoms with van der Waals surface area (Å²) in [4.78, 5) is 19.9. The summed E-state index contributed by atoms with van der Waals surface area (Å²) in [6, 6.07) is 7.14. The van der Waals surface area contributed by atoms with Gasteiger partial charge in [0.15, 0.2) is 5.65 Å². The van der Waals surface area contributed by atoms with Crippen molar-refractivity contribution in [1.82, 2.24) is 29.4 Å². The van der Waals surface area contributed by atoms with Gasteiger partial charge in [-0.2, -0.15) is 9.97 Å². The number of ether oxygens (including phenoxy) is 1. The highest BCUT2D eigenvalue weighted by Gasteiger charge is 2.35. The number of hydrogen-bond acceptors (Lipinski definition) is 6. The average molecular weight is 477 g/mol. The lowest BCUT2D eigenvalue weighted by molar-refractivity contribution is 0.0870. The van der Waals surface area contributed by atoms with Gasteiger partial charge in [-0.3, -0.25) is 4.98 Å². The van der Waals surface area contributed by atoms with Gasteiger partial charge in [0, 0.05) is 23.9 Å². The molecule has 3 aromatic heterocycles. The number of nitrogens with zero attached hydrogens (tertiary/aromatic N) is 6. The fourth-order valence-corrected chi connectivity index (χ4v) is 5.54. The molecule has 35 heavy (non-hydrogen) atoms. The van der Waals surface area contributed by atoms with Gasteiger partial charge >= 0.3 is 6.01 Å². The third kappa shape index (κ3) is 3.93. The number of pyridine rings is 1. The first-order chi connectivity index (χ1) is 17.0. The van der Waals surface area contributed by atoms with E-state index >= 15 is 4.39 Å². The average Bonchev–Trinajstić information content (AvgIpc) is 3.24. The summed E-state index contributed by atoms with van der Waals surface area (Å²) >= 11 is 0. The monoisotopic (exact) mass is 476 g/mol. The van der Waals surface area contributed by atoms with Crippen molar-refractivity contribution in [2.75, 3.05) is 26.7 Å². The molecule has 3 saturated heterocycles. The zero-order valence-electron chi connectivity index (χ0n) is 19.7. The lowest BCUT2D eigenvalue weighted by Crippen LogP contribution is -2.46. The summed E-state index contributed by atoms with van der Waals surface area (Å²) in [6.07, 6.45) is 5.03. The molecular formula is C26H26F2N6O. The quantitative estimate of drug-likeness (QED) is 0.427. The van der Waals surface area contributed by atoms with Crippen molar-refractivity contribution in [3.8, 4) is 17.4 Å². The van der Waals surface area contributed by atoms with Crippen LogP contribution in [0.5, 0.6) is 6.01 Å². The molecule has 3 aliphatic rings. The van der Waals surface area contributed by atoms with Crippen molar-refractivity contribution in [1.29, 1.82) is 0 Å². The molecule has 0 aliphatic carbocycles. The SMILES string of the molecule is COc1nc(C)c2nc(-c3cncc(F)c3)n(Cc3ccc([C@@H]4CN5CCC4CC5)cc3F)c2n1. The van der Waals surface area contributed by atoms with Crippen LogP contribution in [0.3, 0.4) is 0 Å². The lowest BCUT2D eigenvalue weighted by Gasteiger charge is -2.45. The molecule has 0 N–H and O–H groups in total. The summed E-state index contributed by atoms with van der Waals surface area (Å²) in [6.45, 7) is 5.28. The molecule has 0 radical (unpaired) electrons. The van der Waals surface area contributed by atoms with Gasteiger partial charge in [-0.1, -0.05) is 12.1 Å². The van der Waals surface area contributed by atoms with E-state index in [1.165, 1.54) is 32.2 Å². The Balaban J connectivity index is 1.42. The summed E-state index contributed by atoms with van der Waals surface area (Å²) in [7, 11) is 1.49. The van der Waals surface area contributed by atoms with E-state index in [4.69, 9.17) is 4.74 Å². The molecule has 7 rings (SSSR count). The van der Waals surface area contributed by atoms with Crippen LogP contribution < -0.4 is 4.74 Å². The minimum absolute atomic E-state index is 0.175. The highest BCUT2D eigenvalue weighted by molar-refractivity contribution is 5.79. The van der Waals surface area contributed by atoms with Crippen LogP contribution in [0.2, 0.25) is 0 Å². The van der Waals surface area contributed by atoms with Crippen molar-refractivity contribution < 1.29 is 13.5 Å². The summed E-state index contributed by atoms with van der Waals surface area (Å²) in [5, 5.41) is 0. The summed E-state index contributed by atoms with van der Waals surface area (Å²) < 4.78 is 36.5. The van der Waals surface area contributed by atoms with E-state index in [1.54, 1.807) is 17.6 Å². The molecule has 2 bridgehead atoms. The number of benzene rings is 1. The molecule has 0 saturated carbocycles. The molecule has 0 amide bonds. The molecule has 0 unspecified atom stereocenters. The highest BCUT2D eigenvalue weighted by atomic mass is 19.1. The van der Waals surface area contributed by atoms with Crippen LogP contribution in [0.25, 0.3) is 22.6 Å². The first kappa shape index (κ1) is 22.0. The van der Waals surface area contributed by atoms with Crippen molar-refractivity contribution in [3.63, 3.8) is 0 Å². The number of aryl methyl sites for hydroxylation is 1. The van der Waals surface area contributed by atoms with Crippen LogP contribution in [-0.2, 0) is 6.54 Å². The molecule has 180 valence electrons. The lowest BCUT2D eigenvalue weighted by atomic mass is 9.75. The predicted molar refractivity (Wildman–Crippen MR) is 127 cm³/mol. The molecule has 4 aromatic rings. The molecular weight excluding hydrogens is 450 g/mol. The molecule has 3 fully saturated rings. The fraction of sp³-hybridized carbons (Fsp3) is 0.385. The van der Waals surface area contributed by atoms with Crippen LogP contribution in [0.15, 0.2) is 36.7 Å². The first-order valence-electron chi connectivity index (χ1n) is 11.9. The maximum atomic E-state index is 15.5. The predicted octanol–water partition coefficient (Wildman–Crippen LogP) is 4.34. The molecule has 9 heteroatoms. The Morgan fingerprint density at radius 3 is 2.57 bits per heavy atom. The Bertz CT molecular complexity index is 1410.